The summed E-state index contributed by atoms with van der Waals surface area (Å²) in [5, 5.41) is 0. The first-order valence-corrected chi connectivity index (χ1v) is 4.95. The maximum absolute atomic E-state index is 10.9. The van der Waals surface area contributed by atoms with Gasteiger partial charge in [0.1, 0.15) is 19.8 Å². The van der Waals surface area contributed by atoms with Crippen molar-refractivity contribution in [3.8, 4) is 0 Å². The average Bonchev–Trinajstić information content (AvgIpc) is 2.36. The van der Waals surface area contributed by atoms with E-state index in [1.807, 2.05) is 6.92 Å². The smallest absolute Gasteiger partial charge is 0.369 e. The van der Waals surface area contributed by atoms with Gasteiger partial charge < -0.3 is 14.2 Å². The molecule has 88 valence electrons. The van der Waals surface area contributed by atoms with Gasteiger partial charge in [0, 0.05) is 6.08 Å². The van der Waals surface area contributed by atoms with Crippen LogP contribution in [0, 0.1) is 5.41 Å². The molecule has 1 aliphatic rings. The number of rotatable bonds is 4. The number of hydrogen-bond acceptors (Lipinski definition) is 5. The average molecular weight is 226 g/mol. The summed E-state index contributed by atoms with van der Waals surface area (Å²) in [7, 11) is 0. The molecule has 5 nitrogen and oxygen atoms in total. The topological polar surface area (TPSA) is 61.8 Å². The molecule has 5 heteroatoms. The number of carbonyl (C=O) groups excluding carboxylic acids is 2. The molecule has 0 bridgehead atoms. The maximum Gasteiger partial charge on any atom is 0.369 e. The van der Waals surface area contributed by atoms with Gasteiger partial charge in [0.25, 0.3) is 0 Å². The summed E-state index contributed by atoms with van der Waals surface area (Å²) in [4.78, 5) is 21.2. The number of hydrogen-bond donors (Lipinski definition) is 0. The van der Waals surface area contributed by atoms with Gasteiger partial charge in [-0.05, 0) is 6.42 Å². The van der Waals surface area contributed by atoms with E-state index in [1.165, 1.54) is 0 Å². The van der Waals surface area contributed by atoms with Gasteiger partial charge in [-0.15, -0.1) is 0 Å². The van der Waals surface area contributed by atoms with Crippen LogP contribution in [0.15, 0.2) is 18.6 Å². The molecule has 0 N–H and O–H groups in total. The zero-order valence-electron chi connectivity index (χ0n) is 9.15. The summed E-state index contributed by atoms with van der Waals surface area (Å²) in [5.74, 6) is 0.919. The van der Waals surface area contributed by atoms with Gasteiger partial charge in [-0.1, -0.05) is 13.5 Å². The van der Waals surface area contributed by atoms with Crippen LogP contribution in [0.3, 0.4) is 0 Å². The lowest BCUT2D eigenvalue weighted by atomic mass is 9.87. The van der Waals surface area contributed by atoms with Crippen molar-refractivity contribution in [2.75, 3.05) is 19.8 Å². The molecular formula is C11H14O5. The molecule has 1 heterocycles. The van der Waals surface area contributed by atoms with E-state index < -0.39 is 11.4 Å². The summed E-state index contributed by atoms with van der Waals surface area (Å²) < 4.78 is 15.1. The minimum absolute atomic E-state index is 0.140. The minimum Gasteiger partial charge on any atom is -0.462 e. The summed E-state index contributed by atoms with van der Waals surface area (Å²) in [6.07, 6.45) is 1.81. The molecule has 0 unspecified atom stereocenters. The second-order valence-corrected chi connectivity index (χ2v) is 3.63. The van der Waals surface area contributed by atoms with Crippen molar-refractivity contribution in [2.24, 2.45) is 5.41 Å². The Morgan fingerprint density at radius 1 is 1.62 bits per heavy atom. The first kappa shape index (κ1) is 12.3. The molecule has 0 radical (unpaired) electrons. The van der Waals surface area contributed by atoms with Crippen molar-refractivity contribution in [2.45, 2.75) is 13.3 Å². The van der Waals surface area contributed by atoms with E-state index in [4.69, 9.17) is 14.2 Å². The van der Waals surface area contributed by atoms with Crippen LogP contribution in [-0.4, -0.2) is 31.7 Å². The van der Waals surface area contributed by atoms with E-state index in [2.05, 4.69) is 6.58 Å². The fourth-order valence-corrected chi connectivity index (χ4v) is 1.25. The van der Waals surface area contributed by atoms with Crippen LogP contribution in [0.25, 0.3) is 0 Å². The summed E-state index contributed by atoms with van der Waals surface area (Å²) >= 11 is 0. The van der Waals surface area contributed by atoms with E-state index in [0.717, 1.165) is 6.08 Å². The van der Waals surface area contributed by atoms with Crippen LogP contribution in [0.5, 0.6) is 0 Å². The molecule has 0 aromatic carbocycles. The Labute approximate surface area is 93.7 Å². The Balaban J connectivity index is 2.55. The van der Waals surface area contributed by atoms with Crippen LogP contribution in [-0.2, 0) is 23.8 Å². The van der Waals surface area contributed by atoms with Crippen molar-refractivity contribution in [1.29, 1.82) is 0 Å². The van der Waals surface area contributed by atoms with Gasteiger partial charge in [0.15, 0.2) is 0 Å². The fourth-order valence-electron chi connectivity index (χ4n) is 1.25. The lowest BCUT2D eigenvalue weighted by Gasteiger charge is -2.35. The third-order valence-corrected chi connectivity index (χ3v) is 2.54. The van der Waals surface area contributed by atoms with Gasteiger partial charge in [0.2, 0.25) is 5.94 Å². The third kappa shape index (κ3) is 2.87. The molecule has 0 spiro atoms. The van der Waals surface area contributed by atoms with Gasteiger partial charge in [-0.2, -0.15) is 0 Å². The first-order chi connectivity index (χ1) is 7.65. The highest BCUT2D eigenvalue weighted by Gasteiger charge is 2.36. The van der Waals surface area contributed by atoms with Gasteiger partial charge >= 0.3 is 11.9 Å². The predicted octanol–water partition coefficient (Wildman–Crippen LogP) is 0.832. The Morgan fingerprint density at radius 2 is 2.25 bits per heavy atom. The molecule has 0 atom stereocenters. The van der Waals surface area contributed by atoms with Crippen LogP contribution in [0.4, 0.5) is 0 Å². The summed E-state index contributed by atoms with van der Waals surface area (Å²) in [5.41, 5.74) is -0.404. The molecule has 16 heavy (non-hydrogen) atoms. The lowest BCUT2D eigenvalue weighted by Crippen LogP contribution is -2.40. The van der Waals surface area contributed by atoms with Crippen LogP contribution in [0.1, 0.15) is 13.3 Å². The van der Waals surface area contributed by atoms with Crippen molar-refractivity contribution in [3.05, 3.63) is 18.6 Å². The molecular weight excluding hydrogens is 212 g/mol. The van der Waals surface area contributed by atoms with Gasteiger partial charge in [0.05, 0.1) is 5.41 Å². The lowest BCUT2D eigenvalue weighted by molar-refractivity contribution is -0.154. The standard InChI is InChI=1S/C11H14O5/c1-3-9(13)14-6-11(4-2)7-15-10(5-12)16-8-11/h3H,1,4,6-8H2,2H3. The molecule has 0 amide bonds. The normalized spacial score (nSPS) is 23.7. The molecule has 1 aliphatic heterocycles. The molecule has 0 aliphatic carbocycles. The van der Waals surface area contributed by atoms with Gasteiger partial charge in [-0.3, -0.25) is 0 Å². The van der Waals surface area contributed by atoms with Crippen molar-refractivity contribution >= 4 is 11.9 Å². The van der Waals surface area contributed by atoms with E-state index >= 15 is 0 Å². The van der Waals surface area contributed by atoms with E-state index in [0.29, 0.717) is 6.42 Å². The number of carbonyl (C=O) groups is 1. The third-order valence-electron chi connectivity index (χ3n) is 2.54. The number of ether oxygens (including phenoxy) is 3. The molecule has 1 fully saturated rings. The highest BCUT2D eigenvalue weighted by molar-refractivity contribution is 5.81. The molecule has 0 aromatic heterocycles. The van der Waals surface area contributed by atoms with Crippen molar-refractivity contribution < 1.29 is 23.8 Å². The van der Waals surface area contributed by atoms with Crippen LogP contribution >= 0.6 is 0 Å². The Kier molecular flexibility index (Phi) is 4.14. The second-order valence-electron chi connectivity index (χ2n) is 3.63. The van der Waals surface area contributed by atoms with E-state index in [1.54, 1.807) is 5.94 Å². The summed E-state index contributed by atoms with van der Waals surface area (Å²) in [6, 6.07) is 0. The van der Waals surface area contributed by atoms with Crippen molar-refractivity contribution in [3.63, 3.8) is 0 Å². The minimum atomic E-state index is -0.482. The zero-order valence-corrected chi connectivity index (χ0v) is 9.15. The van der Waals surface area contributed by atoms with Crippen molar-refractivity contribution in [1.82, 2.24) is 0 Å². The van der Waals surface area contributed by atoms with E-state index in [9.17, 15) is 9.59 Å². The molecule has 1 rings (SSSR count). The fraction of sp³-hybridized carbons (Fsp3) is 0.545. The predicted molar refractivity (Wildman–Crippen MR) is 55.0 cm³/mol. The van der Waals surface area contributed by atoms with E-state index in [-0.39, 0.29) is 25.8 Å². The Morgan fingerprint density at radius 3 is 2.69 bits per heavy atom. The molecule has 0 aromatic rings. The monoisotopic (exact) mass is 226 g/mol. The quantitative estimate of drug-likeness (QED) is 0.403. The zero-order chi connectivity index (χ0) is 12.0. The highest BCUT2D eigenvalue weighted by atomic mass is 16.7. The Hall–Kier alpha value is -1.74. The highest BCUT2D eigenvalue weighted by Crippen LogP contribution is 2.29. The maximum atomic E-state index is 10.9. The SMILES string of the molecule is C=CC(=O)OCC1(CC)COC(=C=O)OC1. The Bertz CT molecular complexity index is 317. The largest absolute Gasteiger partial charge is 0.462 e. The van der Waals surface area contributed by atoms with Crippen LogP contribution < -0.4 is 0 Å². The molecule has 1 saturated heterocycles. The molecule has 0 saturated carbocycles. The first-order valence-electron chi connectivity index (χ1n) is 4.95. The second kappa shape index (κ2) is 5.37. The summed E-state index contributed by atoms with van der Waals surface area (Å²) in [6.45, 7) is 5.97. The number of esters is 1. The van der Waals surface area contributed by atoms with Crippen LogP contribution in [0.2, 0.25) is 0 Å². The van der Waals surface area contributed by atoms with Gasteiger partial charge in [-0.25, -0.2) is 9.59 Å².